The molecule has 2 N–H and O–H groups in total. The summed E-state index contributed by atoms with van der Waals surface area (Å²) in [5, 5.41) is 5.68. The van der Waals surface area contributed by atoms with Crippen molar-refractivity contribution in [2.24, 2.45) is 0 Å². The average Bonchev–Trinajstić information content (AvgIpc) is 3.09. The Balaban J connectivity index is 1.82. The van der Waals surface area contributed by atoms with Crippen molar-refractivity contribution in [3.05, 3.63) is 35.9 Å². The van der Waals surface area contributed by atoms with Crippen LogP contribution in [0.5, 0.6) is 0 Å². The molecule has 2 rings (SSSR count). The summed E-state index contributed by atoms with van der Waals surface area (Å²) in [5.74, 6) is -0.373. The van der Waals surface area contributed by atoms with E-state index in [1.165, 1.54) is 6.08 Å². The van der Waals surface area contributed by atoms with Gasteiger partial charge in [-0.3, -0.25) is 0 Å². The number of hydrogen-bond acceptors (Lipinski definition) is 4. The van der Waals surface area contributed by atoms with E-state index < -0.39 is 0 Å². The smallest absolute Gasteiger partial charge is 0.330 e. The van der Waals surface area contributed by atoms with Crippen LogP contribution in [0.1, 0.15) is 32.3 Å². The maximum absolute atomic E-state index is 12.0. The van der Waals surface area contributed by atoms with E-state index in [2.05, 4.69) is 10.6 Å². The van der Waals surface area contributed by atoms with Crippen molar-refractivity contribution in [1.29, 1.82) is 0 Å². The maximum atomic E-state index is 12.0. The second-order valence-electron chi connectivity index (χ2n) is 5.65. The van der Waals surface area contributed by atoms with Crippen molar-refractivity contribution in [1.82, 2.24) is 5.32 Å². The van der Waals surface area contributed by atoms with Gasteiger partial charge in [0.15, 0.2) is 0 Å². The van der Waals surface area contributed by atoms with Crippen molar-refractivity contribution in [3.63, 3.8) is 0 Å². The lowest BCUT2D eigenvalue weighted by molar-refractivity contribution is -0.137. The van der Waals surface area contributed by atoms with Crippen LogP contribution in [-0.4, -0.2) is 37.4 Å². The monoisotopic (exact) mass is 332 g/mol. The number of rotatable bonds is 6. The summed E-state index contributed by atoms with van der Waals surface area (Å²) in [7, 11) is 0. The predicted octanol–water partition coefficient (Wildman–Crippen LogP) is 2.95. The Bertz CT molecular complexity index is 577. The molecule has 0 spiro atoms. The number of ether oxygens (including phenoxy) is 2. The molecule has 1 aromatic carbocycles. The van der Waals surface area contributed by atoms with Gasteiger partial charge in [-0.15, -0.1) is 0 Å². The fourth-order valence-corrected chi connectivity index (χ4v) is 2.50. The van der Waals surface area contributed by atoms with Gasteiger partial charge in [-0.05, 0) is 50.5 Å². The van der Waals surface area contributed by atoms with Crippen molar-refractivity contribution in [3.8, 4) is 0 Å². The van der Waals surface area contributed by atoms with Crippen LogP contribution in [0.3, 0.4) is 0 Å². The largest absolute Gasteiger partial charge is 0.463 e. The topological polar surface area (TPSA) is 76.7 Å². The minimum absolute atomic E-state index is 0.0284. The quantitative estimate of drug-likeness (QED) is 0.620. The van der Waals surface area contributed by atoms with Crippen LogP contribution in [-0.2, 0) is 14.3 Å². The zero-order chi connectivity index (χ0) is 17.4. The van der Waals surface area contributed by atoms with Crippen molar-refractivity contribution in [2.45, 2.75) is 38.8 Å². The number of carbonyl (C=O) groups is 2. The van der Waals surface area contributed by atoms with Gasteiger partial charge in [0.05, 0.1) is 18.8 Å². The number of nitrogens with one attached hydrogen (secondary N) is 2. The molecule has 0 bridgehead atoms. The first-order chi connectivity index (χ1) is 11.6. The maximum Gasteiger partial charge on any atom is 0.330 e. The van der Waals surface area contributed by atoms with Gasteiger partial charge in [0.1, 0.15) is 0 Å². The molecule has 2 atom stereocenters. The molecule has 1 aromatic rings. The first-order valence-electron chi connectivity index (χ1n) is 8.22. The third-order valence-electron chi connectivity index (χ3n) is 3.75. The number of benzene rings is 1. The summed E-state index contributed by atoms with van der Waals surface area (Å²) in [5.41, 5.74) is 1.53. The van der Waals surface area contributed by atoms with Crippen LogP contribution in [0, 0.1) is 0 Å². The second kappa shape index (κ2) is 9.08. The molecule has 1 saturated heterocycles. The lowest BCUT2D eigenvalue weighted by Gasteiger charge is -2.20. The Morgan fingerprint density at radius 3 is 2.75 bits per heavy atom. The first kappa shape index (κ1) is 18.0. The number of esters is 1. The molecule has 0 unspecified atom stereocenters. The van der Waals surface area contributed by atoms with Crippen molar-refractivity contribution >= 4 is 23.8 Å². The summed E-state index contributed by atoms with van der Waals surface area (Å²) in [6.45, 7) is 4.82. The van der Waals surface area contributed by atoms with Gasteiger partial charge in [-0.1, -0.05) is 12.1 Å². The van der Waals surface area contributed by atoms with E-state index in [0.29, 0.717) is 12.3 Å². The molecule has 1 fully saturated rings. The highest BCUT2D eigenvalue weighted by Gasteiger charge is 2.23. The molecule has 2 amide bonds. The van der Waals surface area contributed by atoms with Crippen LogP contribution in [0.2, 0.25) is 0 Å². The van der Waals surface area contributed by atoms with Gasteiger partial charge in [-0.2, -0.15) is 0 Å². The summed E-state index contributed by atoms with van der Waals surface area (Å²) in [4.78, 5) is 23.3. The Kier molecular flexibility index (Phi) is 6.81. The standard InChI is InChI=1S/C18H24N2O4/c1-3-23-17(21)11-8-14-6-9-15(10-7-14)20-18(22)19-13(2)16-5-4-12-24-16/h6-11,13,16H,3-5,12H2,1-2H3,(H2,19,20,22)/b11-8-/t13-,16-/m1/s1. The van der Waals surface area contributed by atoms with Crippen LogP contribution in [0.4, 0.5) is 10.5 Å². The van der Waals surface area contributed by atoms with E-state index in [0.717, 1.165) is 25.0 Å². The third kappa shape index (κ3) is 5.70. The van der Waals surface area contributed by atoms with Gasteiger partial charge in [0.25, 0.3) is 0 Å². The predicted molar refractivity (Wildman–Crippen MR) is 92.7 cm³/mol. The van der Waals surface area contributed by atoms with Crippen molar-refractivity contribution in [2.75, 3.05) is 18.5 Å². The molecular weight excluding hydrogens is 308 g/mol. The van der Waals surface area contributed by atoms with Gasteiger partial charge >= 0.3 is 12.0 Å². The molecule has 0 aromatic heterocycles. The summed E-state index contributed by atoms with van der Waals surface area (Å²) in [6.07, 6.45) is 5.15. The van der Waals surface area contributed by atoms with Crippen molar-refractivity contribution < 1.29 is 19.1 Å². The lowest BCUT2D eigenvalue weighted by Crippen LogP contribution is -2.42. The first-order valence-corrected chi connectivity index (χ1v) is 8.22. The molecule has 130 valence electrons. The van der Waals surface area contributed by atoms with Gasteiger partial charge in [-0.25, -0.2) is 9.59 Å². The van der Waals surface area contributed by atoms with Gasteiger partial charge in [0, 0.05) is 18.4 Å². The normalized spacial score (nSPS) is 18.3. The van der Waals surface area contributed by atoms with Gasteiger partial charge < -0.3 is 20.1 Å². The fraction of sp³-hybridized carbons (Fsp3) is 0.444. The van der Waals surface area contributed by atoms with E-state index >= 15 is 0 Å². The molecule has 0 aliphatic carbocycles. The highest BCUT2D eigenvalue weighted by atomic mass is 16.5. The molecule has 0 saturated carbocycles. The molecule has 0 radical (unpaired) electrons. The van der Waals surface area contributed by atoms with E-state index in [-0.39, 0.29) is 24.1 Å². The van der Waals surface area contributed by atoms with Gasteiger partial charge in [0.2, 0.25) is 0 Å². The number of carbonyl (C=O) groups excluding carboxylic acids is 2. The number of amides is 2. The van der Waals surface area contributed by atoms with Crippen LogP contribution < -0.4 is 10.6 Å². The lowest BCUT2D eigenvalue weighted by atomic mass is 10.1. The molecule has 6 heteroatoms. The minimum Gasteiger partial charge on any atom is -0.463 e. The van der Waals surface area contributed by atoms with Crippen LogP contribution in [0.25, 0.3) is 6.08 Å². The molecule has 1 aliphatic rings. The molecule has 24 heavy (non-hydrogen) atoms. The molecule has 6 nitrogen and oxygen atoms in total. The molecular formula is C18H24N2O4. The van der Waals surface area contributed by atoms with E-state index in [9.17, 15) is 9.59 Å². The Morgan fingerprint density at radius 2 is 2.12 bits per heavy atom. The SMILES string of the molecule is CCOC(=O)/C=C\c1ccc(NC(=O)N[C@H](C)[C@H]2CCCO2)cc1. The molecule has 1 aliphatic heterocycles. The Labute approximate surface area is 142 Å². The minimum atomic E-state index is -0.373. The van der Waals surface area contributed by atoms with Crippen LogP contribution >= 0.6 is 0 Å². The summed E-state index contributed by atoms with van der Waals surface area (Å²) >= 11 is 0. The summed E-state index contributed by atoms with van der Waals surface area (Å²) < 4.78 is 10.4. The number of hydrogen-bond donors (Lipinski definition) is 2. The zero-order valence-corrected chi connectivity index (χ0v) is 14.1. The average molecular weight is 332 g/mol. The second-order valence-corrected chi connectivity index (χ2v) is 5.65. The Hall–Kier alpha value is -2.34. The number of urea groups is 1. The van der Waals surface area contributed by atoms with Crippen LogP contribution in [0.15, 0.2) is 30.3 Å². The fourth-order valence-electron chi connectivity index (χ4n) is 2.50. The highest BCUT2D eigenvalue weighted by molar-refractivity contribution is 5.90. The van der Waals surface area contributed by atoms with E-state index in [4.69, 9.17) is 9.47 Å². The van der Waals surface area contributed by atoms with E-state index in [1.54, 1.807) is 25.1 Å². The van der Waals surface area contributed by atoms with E-state index in [1.807, 2.05) is 19.1 Å². The third-order valence-corrected chi connectivity index (χ3v) is 3.75. The highest BCUT2D eigenvalue weighted by Crippen LogP contribution is 2.16. The summed E-state index contributed by atoms with van der Waals surface area (Å²) in [6, 6.07) is 6.90. The Morgan fingerprint density at radius 1 is 1.38 bits per heavy atom. The number of anilines is 1. The zero-order valence-electron chi connectivity index (χ0n) is 14.1. The molecule has 1 heterocycles.